The highest BCUT2D eigenvalue weighted by molar-refractivity contribution is 5.85. The van der Waals surface area contributed by atoms with Crippen LogP contribution in [0.3, 0.4) is 0 Å². The Labute approximate surface area is 128 Å². The van der Waals surface area contributed by atoms with Gasteiger partial charge >= 0.3 is 5.97 Å². The molecule has 0 radical (unpaired) electrons. The molecule has 0 fully saturated rings. The zero-order valence-corrected chi connectivity index (χ0v) is 12.2. The van der Waals surface area contributed by atoms with Crippen LogP contribution in [0.15, 0.2) is 29.0 Å². The molecule has 0 aliphatic rings. The number of ether oxygens (including phenoxy) is 1. The van der Waals surface area contributed by atoms with Crippen LogP contribution < -0.4 is 10.5 Å². The van der Waals surface area contributed by atoms with E-state index in [0.29, 0.717) is 18.1 Å². The highest BCUT2D eigenvalue weighted by atomic mass is 16.5. The standard InChI is InChI=1S/C15H19N3O4/c16-6-3-1-2-4-8-21-13-9-11(5-7-17-13)14-18-12(10-22-14)15(19)20/h5,7,9-10H,1-4,6,8,16H2,(H,19,20). The number of nitrogens with zero attached hydrogens (tertiary/aromatic N) is 2. The fourth-order valence-electron chi connectivity index (χ4n) is 1.90. The van der Waals surface area contributed by atoms with Crippen LogP contribution in [0.25, 0.3) is 11.5 Å². The zero-order chi connectivity index (χ0) is 15.8. The number of carbonyl (C=O) groups is 1. The number of aromatic nitrogens is 2. The summed E-state index contributed by atoms with van der Waals surface area (Å²) in [5.41, 5.74) is 5.93. The molecule has 0 saturated heterocycles. The summed E-state index contributed by atoms with van der Waals surface area (Å²) < 4.78 is 10.7. The fraction of sp³-hybridized carbons (Fsp3) is 0.400. The van der Waals surface area contributed by atoms with Crippen molar-refractivity contribution in [2.75, 3.05) is 13.2 Å². The number of pyridine rings is 1. The van der Waals surface area contributed by atoms with Crippen LogP contribution in [0.1, 0.15) is 36.2 Å². The second kappa shape index (κ2) is 8.14. The van der Waals surface area contributed by atoms with E-state index in [1.165, 1.54) is 0 Å². The van der Waals surface area contributed by atoms with E-state index in [2.05, 4.69) is 9.97 Å². The first-order chi connectivity index (χ1) is 10.7. The molecule has 7 heteroatoms. The number of aromatic carboxylic acids is 1. The SMILES string of the molecule is NCCCCCCOc1cc(-c2nc(C(=O)O)co2)ccn1. The molecule has 0 spiro atoms. The van der Waals surface area contributed by atoms with E-state index in [4.69, 9.17) is 20.0 Å². The average Bonchev–Trinajstić information content (AvgIpc) is 3.01. The monoisotopic (exact) mass is 305 g/mol. The smallest absolute Gasteiger partial charge is 0.357 e. The number of hydrogen-bond donors (Lipinski definition) is 2. The molecule has 0 aliphatic carbocycles. The predicted molar refractivity (Wildman–Crippen MR) is 79.7 cm³/mol. The third kappa shape index (κ3) is 4.56. The van der Waals surface area contributed by atoms with Crippen molar-refractivity contribution in [2.45, 2.75) is 25.7 Å². The van der Waals surface area contributed by atoms with Crippen molar-refractivity contribution < 1.29 is 19.1 Å². The Kier molecular flexibility index (Phi) is 5.91. The lowest BCUT2D eigenvalue weighted by Crippen LogP contribution is -2.01. The molecule has 2 aromatic rings. The van der Waals surface area contributed by atoms with Gasteiger partial charge in [0.05, 0.1) is 6.61 Å². The second-order valence-corrected chi connectivity index (χ2v) is 4.78. The molecule has 3 N–H and O–H groups in total. The van der Waals surface area contributed by atoms with E-state index in [1.54, 1.807) is 18.3 Å². The molecule has 0 saturated carbocycles. The van der Waals surface area contributed by atoms with Gasteiger partial charge < -0.3 is 20.0 Å². The van der Waals surface area contributed by atoms with Gasteiger partial charge in [0, 0.05) is 17.8 Å². The van der Waals surface area contributed by atoms with Crippen molar-refractivity contribution in [1.82, 2.24) is 9.97 Å². The first kappa shape index (κ1) is 16.0. The normalized spacial score (nSPS) is 10.6. The number of oxazole rings is 1. The summed E-state index contributed by atoms with van der Waals surface area (Å²) in [6.07, 6.45) is 6.82. The Morgan fingerprint density at radius 3 is 2.86 bits per heavy atom. The maximum atomic E-state index is 10.8. The summed E-state index contributed by atoms with van der Waals surface area (Å²) in [6.45, 7) is 1.30. The molecule has 2 rings (SSSR count). The quantitative estimate of drug-likeness (QED) is 0.684. The van der Waals surface area contributed by atoms with Gasteiger partial charge in [-0.25, -0.2) is 14.8 Å². The summed E-state index contributed by atoms with van der Waals surface area (Å²) in [6, 6.07) is 3.36. The van der Waals surface area contributed by atoms with Gasteiger partial charge in [0.2, 0.25) is 11.8 Å². The fourth-order valence-corrected chi connectivity index (χ4v) is 1.90. The molecule has 0 aromatic carbocycles. The lowest BCUT2D eigenvalue weighted by molar-refractivity contribution is 0.0690. The number of nitrogens with two attached hydrogens (primary N) is 1. The number of hydrogen-bond acceptors (Lipinski definition) is 6. The van der Waals surface area contributed by atoms with Crippen molar-refractivity contribution in [3.8, 4) is 17.3 Å². The topological polar surface area (TPSA) is 111 Å². The molecule has 0 amide bonds. The van der Waals surface area contributed by atoms with Crippen molar-refractivity contribution in [3.63, 3.8) is 0 Å². The first-order valence-electron chi connectivity index (χ1n) is 7.19. The Morgan fingerprint density at radius 1 is 1.32 bits per heavy atom. The number of carboxylic acid groups (broad SMARTS) is 1. The molecule has 0 bridgehead atoms. The molecule has 0 atom stereocenters. The van der Waals surface area contributed by atoms with E-state index in [-0.39, 0.29) is 11.6 Å². The number of rotatable bonds is 9. The van der Waals surface area contributed by atoms with Crippen molar-refractivity contribution in [3.05, 3.63) is 30.3 Å². The lowest BCUT2D eigenvalue weighted by atomic mass is 10.2. The van der Waals surface area contributed by atoms with Crippen LogP contribution in [0.2, 0.25) is 0 Å². The number of unbranched alkanes of at least 4 members (excludes halogenated alkanes) is 3. The van der Waals surface area contributed by atoms with Crippen LogP contribution >= 0.6 is 0 Å². The molecule has 0 aliphatic heterocycles. The Bertz CT molecular complexity index is 612. The predicted octanol–water partition coefficient (Wildman–Crippen LogP) is 2.33. The van der Waals surface area contributed by atoms with Crippen molar-refractivity contribution >= 4 is 5.97 Å². The summed E-state index contributed by atoms with van der Waals surface area (Å²) in [5, 5.41) is 8.84. The maximum Gasteiger partial charge on any atom is 0.357 e. The Balaban J connectivity index is 1.90. The molecule has 118 valence electrons. The van der Waals surface area contributed by atoms with Gasteiger partial charge in [0.15, 0.2) is 5.69 Å². The van der Waals surface area contributed by atoms with Crippen molar-refractivity contribution in [2.24, 2.45) is 5.73 Å². The van der Waals surface area contributed by atoms with Gasteiger partial charge in [-0.15, -0.1) is 0 Å². The second-order valence-electron chi connectivity index (χ2n) is 4.78. The minimum atomic E-state index is -1.13. The van der Waals surface area contributed by atoms with E-state index in [0.717, 1.165) is 38.5 Å². The van der Waals surface area contributed by atoms with E-state index >= 15 is 0 Å². The van der Waals surface area contributed by atoms with Crippen LogP contribution in [-0.2, 0) is 0 Å². The minimum absolute atomic E-state index is 0.130. The van der Waals surface area contributed by atoms with Gasteiger partial charge in [-0.1, -0.05) is 12.8 Å². The summed E-state index contributed by atoms with van der Waals surface area (Å²) >= 11 is 0. The zero-order valence-electron chi connectivity index (χ0n) is 12.2. The molecule has 22 heavy (non-hydrogen) atoms. The third-order valence-corrected chi connectivity index (χ3v) is 3.05. The maximum absolute atomic E-state index is 10.8. The highest BCUT2D eigenvalue weighted by Crippen LogP contribution is 2.21. The molecular formula is C15H19N3O4. The highest BCUT2D eigenvalue weighted by Gasteiger charge is 2.12. The minimum Gasteiger partial charge on any atom is -0.478 e. The van der Waals surface area contributed by atoms with E-state index in [9.17, 15) is 4.79 Å². The van der Waals surface area contributed by atoms with Gasteiger partial charge in [0.1, 0.15) is 6.26 Å². The first-order valence-corrected chi connectivity index (χ1v) is 7.19. The Morgan fingerprint density at radius 2 is 2.14 bits per heavy atom. The van der Waals surface area contributed by atoms with Crippen LogP contribution in [0.4, 0.5) is 0 Å². The molecular weight excluding hydrogens is 286 g/mol. The Hall–Kier alpha value is -2.41. The van der Waals surface area contributed by atoms with Gasteiger partial charge in [-0.2, -0.15) is 0 Å². The molecule has 2 heterocycles. The van der Waals surface area contributed by atoms with Crippen molar-refractivity contribution in [1.29, 1.82) is 0 Å². The average molecular weight is 305 g/mol. The van der Waals surface area contributed by atoms with Gasteiger partial charge in [-0.05, 0) is 25.5 Å². The lowest BCUT2D eigenvalue weighted by Gasteiger charge is -2.05. The summed E-state index contributed by atoms with van der Waals surface area (Å²) in [5.74, 6) is -0.433. The molecule has 2 aromatic heterocycles. The summed E-state index contributed by atoms with van der Waals surface area (Å²) in [7, 11) is 0. The molecule has 0 unspecified atom stereocenters. The molecule has 7 nitrogen and oxygen atoms in total. The van der Waals surface area contributed by atoms with Crippen LogP contribution in [-0.4, -0.2) is 34.2 Å². The number of carboxylic acids is 1. The van der Waals surface area contributed by atoms with Crippen LogP contribution in [0, 0.1) is 0 Å². The van der Waals surface area contributed by atoms with E-state index in [1.807, 2.05) is 0 Å². The van der Waals surface area contributed by atoms with Gasteiger partial charge in [0.25, 0.3) is 0 Å². The van der Waals surface area contributed by atoms with E-state index < -0.39 is 5.97 Å². The summed E-state index contributed by atoms with van der Waals surface area (Å²) in [4.78, 5) is 18.8. The van der Waals surface area contributed by atoms with Gasteiger partial charge in [-0.3, -0.25) is 0 Å². The largest absolute Gasteiger partial charge is 0.478 e. The van der Waals surface area contributed by atoms with Crippen LogP contribution in [0.5, 0.6) is 5.88 Å². The third-order valence-electron chi connectivity index (χ3n) is 3.05.